The zero-order chi connectivity index (χ0) is 35.4. The van der Waals surface area contributed by atoms with E-state index in [0.29, 0.717) is 41.2 Å². The van der Waals surface area contributed by atoms with E-state index in [2.05, 4.69) is 25.7 Å². The standard InChI is InChI=1S/C35H33F4N7O4/c1-2-3-16-50-34(49)43-32-25-18-24(9-7-22(25)12-13-41-32)46-29(19-30(44-46)35(37,38)39)33(48)42-27-17-23(8-10-26(27)36)28(11-6-21-4-5-21)45-15-14-40-20-31(45)47/h7-10,12-15,17-21,28H,2-6,11,16H2,1H3,(H,42,48)(H,41,43,49). The monoisotopic (exact) mass is 691 g/mol. The number of halogens is 4. The quantitative estimate of drug-likeness (QED) is 0.102. The van der Waals surface area contributed by atoms with Gasteiger partial charge in [0.1, 0.15) is 17.3 Å². The lowest BCUT2D eigenvalue weighted by molar-refractivity contribution is -0.141. The van der Waals surface area contributed by atoms with Crippen LogP contribution in [0.3, 0.4) is 0 Å². The fourth-order valence-electron chi connectivity index (χ4n) is 5.62. The SMILES string of the molecule is CCCCOC(=O)Nc1nccc2ccc(-n3nc(C(F)(F)F)cc3C(=O)Nc3cc(C(CCC4CC4)n4ccncc4=O)ccc3F)cc12. The van der Waals surface area contributed by atoms with Crippen molar-refractivity contribution >= 4 is 34.3 Å². The number of nitrogens with one attached hydrogen (secondary N) is 2. The van der Waals surface area contributed by atoms with E-state index in [4.69, 9.17) is 4.74 Å². The number of benzene rings is 2. The van der Waals surface area contributed by atoms with Crippen LogP contribution < -0.4 is 16.2 Å². The molecule has 6 rings (SSSR count). The number of pyridine rings is 1. The zero-order valence-corrected chi connectivity index (χ0v) is 26.9. The van der Waals surface area contributed by atoms with Crippen LogP contribution in [0.25, 0.3) is 16.5 Å². The summed E-state index contributed by atoms with van der Waals surface area (Å²) in [5.41, 5.74) is -1.96. The van der Waals surface area contributed by atoms with E-state index in [1.165, 1.54) is 53.6 Å². The molecule has 0 radical (unpaired) electrons. The Hall–Kier alpha value is -5.60. The summed E-state index contributed by atoms with van der Waals surface area (Å²) < 4.78 is 64.5. The first-order valence-electron chi connectivity index (χ1n) is 16.1. The van der Waals surface area contributed by atoms with Gasteiger partial charge in [-0.2, -0.15) is 18.3 Å². The normalized spacial score (nSPS) is 13.6. The van der Waals surface area contributed by atoms with Crippen molar-refractivity contribution in [3.05, 3.63) is 106 Å². The second kappa shape index (κ2) is 14.5. The number of carbonyl (C=O) groups excluding carboxylic acids is 2. The third-order valence-electron chi connectivity index (χ3n) is 8.44. The molecule has 260 valence electrons. The van der Waals surface area contributed by atoms with Crippen LogP contribution in [0, 0.1) is 11.7 Å². The first-order valence-corrected chi connectivity index (χ1v) is 16.1. The average molecular weight is 692 g/mol. The molecule has 1 aliphatic rings. The molecule has 2 N–H and O–H groups in total. The highest BCUT2D eigenvalue weighted by molar-refractivity contribution is 6.04. The summed E-state index contributed by atoms with van der Waals surface area (Å²) in [7, 11) is 0. The first-order chi connectivity index (χ1) is 24.0. The lowest BCUT2D eigenvalue weighted by Crippen LogP contribution is -2.25. The van der Waals surface area contributed by atoms with Gasteiger partial charge in [-0.25, -0.2) is 18.9 Å². The van der Waals surface area contributed by atoms with Gasteiger partial charge in [0.15, 0.2) is 5.69 Å². The maximum Gasteiger partial charge on any atom is 0.435 e. The Labute approximate surface area is 283 Å². The molecule has 50 heavy (non-hydrogen) atoms. The van der Waals surface area contributed by atoms with Crippen LogP contribution in [-0.2, 0) is 10.9 Å². The molecule has 0 spiro atoms. The Morgan fingerprint density at radius 2 is 1.88 bits per heavy atom. The zero-order valence-electron chi connectivity index (χ0n) is 26.9. The van der Waals surface area contributed by atoms with E-state index in [0.717, 1.165) is 36.4 Å². The van der Waals surface area contributed by atoms with Gasteiger partial charge < -0.3 is 14.6 Å². The number of hydrogen-bond donors (Lipinski definition) is 2. The maximum absolute atomic E-state index is 15.2. The molecular weight excluding hydrogens is 658 g/mol. The van der Waals surface area contributed by atoms with Gasteiger partial charge in [-0.15, -0.1) is 0 Å². The van der Waals surface area contributed by atoms with Crippen molar-refractivity contribution in [2.24, 2.45) is 5.92 Å². The Balaban J connectivity index is 1.34. The second-order valence-electron chi connectivity index (χ2n) is 12.1. The van der Waals surface area contributed by atoms with Crippen LogP contribution in [0.15, 0.2) is 78.1 Å². The van der Waals surface area contributed by atoms with E-state index >= 15 is 4.39 Å². The Bertz CT molecular complexity index is 2090. The molecule has 11 nitrogen and oxygen atoms in total. The van der Waals surface area contributed by atoms with Crippen LogP contribution >= 0.6 is 0 Å². The number of rotatable bonds is 12. The van der Waals surface area contributed by atoms with E-state index < -0.39 is 41.4 Å². The lowest BCUT2D eigenvalue weighted by Gasteiger charge is -2.21. The number of unbranched alkanes of at least 4 members (excludes halogenated alkanes) is 1. The lowest BCUT2D eigenvalue weighted by atomic mass is 9.99. The summed E-state index contributed by atoms with van der Waals surface area (Å²) >= 11 is 0. The van der Waals surface area contributed by atoms with Crippen molar-refractivity contribution in [1.82, 2.24) is 24.3 Å². The summed E-state index contributed by atoms with van der Waals surface area (Å²) in [5, 5.41) is 9.58. The molecule has 15 heteroatoms. The largest absolute Gasteiger partial charge is 0.449 e. The van der Waals surface area contributed by atoms with Gasteiger partial charge in [0.2, 0.25) is 0 Å². The number of fused-ring (bicyclic) bond motifs is 1. The fourth-order valence-corrected chi connectivity index (χ4v) is 5.62. The van der Waals surface area contributed by atoms with Gasteiger partial charge in [-0.05, 0) is 66.5 Å². The summed E-state index contributed by atoms with van der Waals surface area (Å²) in [4.78, 5) is 46.8. The summed E-state index contributed by atoms with van der Waals surface area (Å²) in [6.07, 6.45) is 5.02. The fraction of sp³-hybridized carbons (Fsp3) is 0.314. The molecule has 1 saturated carbocycles. The number of nitrogens with zero attached hydrogens (tertiary/aromatic N) is 5. The van der Waals surface area contributed by atoms with Crippen molar-refractivity contribution in [3.63, 3.8) is 0 Å². The van der Waals surface area contributed by atoms with Gasteiger partial charge in [0.05, 0.1) is 30.2 Å². The Morgan fingerprint density at radius 1 is 1.06 bits per heavy atom. The van der Waals surface area contributed by atoms with Crippen molar-refractivity contribution in [3.8, 4) is 5.69 Å². The van der Waals surface area contributed by atoms with Crippen molar-refractivity contribution in [2.45, 2.75) is 57.7 Å². The number of ether oxygens (including phenoxy) is 1. The van der Waals surface area contributed by atoms with Gasteiger partial charge in [0, 0.05) is 30.0 Å². The number of aromatic nitrogens is 5. The van der Waals surface area contributed by atoms with Crippen molar-refractivity contribution < 1.29 is 31.9 Å². The van der Waals surface area contributed by atoms with Gasteiger partial charge >= 0.3 is 12.3 Å². The van der Waals surface area contributed by atoms with E-state index in [1.807, 2.05) is 6.92 Å². The maximum atomic E-state index is 15.2. The van der Waals surface area contributed by atoms with Gasteiger partial charge in [-0.3, -0.25) is 19.9 Å². The third-order valence-corrected chi connectivity index (χ3v) is 8.44. The Morgan fingerprint density at radius 3 is 2.62 bits per heavy atom. The summed E-state index contributed by atoms with van der Waals surface area (Å²) in [6.45, 7) is 2.13. The van der Waals surface area contributed by atoms with Crippen LogP contribution in [0.5, 0.6) is 0 Å². The predicted octanol–water partition coefficient (Wildman–Crippen LogP) is 7.52. The molecule has 5 aromatic rings. The molecule has 3 aromatic heterocycles. The topological polar surface area (TPSA) is 133 Å². The van der Waals surface area contributed by atoms with E-state index in [-0.39, 0.29) is 29.4 Å². The minimum atomic E-state index is -4.91. The van der Waals surface area contributed by atoms with Gasteiger partial charge in [-0.1, -0.05) is 38.3 Å². The predicted molar refractivity (Wildman–Crippen MR) is 177 cm³/mol. The highest BCUT2D eigenvalue weighted by atomic mass is 19.4. The molecule has 1 aliphatic carbocycles. The van der Waals surface area contributed by atoms with Crippen molar-refractivity contribution in [1.29, 1.82) is 0 Å². The number of anilines is 2. The molecule has 1 atom stereocenters. The first kappa shape index (κ1) is 34.3. The highest BCUT2D eigenvalue weighted by Gasteiger charge is 2.36. The van der Waals surface area contributed by atoms with E-state index in [9.17, 15) is 27.6 Å². The molecule has 1 fully saturated rings. The number of alkyl halides is 3. The van der Waals surface area contributed by atoms with Crippen LogP contribution in [-0.4, -0.2) is 42.9 Å². The number of amides is 2. The molecule has 0 aliphatic heterocycles. The summed E-state index contributed by atoms with van der Waals surface area (Å²) in [5.74, 6) is -1.27. The summed E-state index contributed by atoms with van der Waals surface area (Å²) in [6, 6.07) is 10.2. The molecule has 1 unspecified atom stereocenters. The molecule has 3 heterocycles. The second-order valence-corrected chi connectivity index (χ2v) is 12.1. The third kappa shape index (κ3) is 7.82. The van der Waals surface area contributed by atoms with Crippen LogP contribution in [0.4, 0.5) is 33.9 Å². The molecular formula is C35H33F4N7O4. The van der Waals surface area contributed by atoms with Crippen LogP contribution in [0.2, 0.25) is 0 Å². The average Bonchev–Trinajstić information content (AvgIpc) is 3.80. The van der Waals surface area contributed by atoms with Crippen molar-refractivity contribution in [2.75, 3.05) is 17.2 Å². The number of carbonyl (C=O) groups is 2. The smallest absolute Gasteiger partial charge is 0.435 e. The molecule has 0 bridgehead atoms. The minimum absolute atomic E-state index is 0.0416. The minimum Gasteiger partial charge on any atom is -0.449 e. The van der Waals surface area contributed by atoms with Gasteiger partial charge in [0.25, 0.3) is 11.5 Å². The molecule has 2 aromatic carbocycles. The Kier molecular flexibility index (Phi) is 9.93. The highest BCUT2D eigenvalue weighted by Crippen LogP contribution is 2.37. The number of hydrogen-bond acceptors (Lipinski definition) is 7. The molecule has 2 amide bonds. The van der Waals surface area contributed by atoms with Crippen LogP contribution in [0.1, 0.15) is 73.2 Å². The molecule has 0 saturated heterocycles. The van der Waals surface area contributed by atoms with E-state index in [1.54, 1.807) is 12.1 Å².